The van der Waals surface area contributed by atoms with E-state index in [0.29, 0.717) is 25.1 Å². The Morgan fingerprint density at radius 3 is 2.92 bits per heavy atom. The third-order valence-electron chi connectivity index (χ3n) is 4.17. The fourth-order valence-corrected chi connectivity index (χ4v) is 3.77. The van der Waals surface area contributed by atoms with Crippen molar-refractivity contribution in [1.82, 2.24) is 10.2 Å². The van der Waals surface area contributed by atoms with Gasteiger partial charge < -0.3 is 14.1 Å². The summed E-state index contributed by atoms with van der Waals surface area (Å²) < 4.78 is 25.3. The molecule has 1 unspecified atom stereocenters. The maximum atomic E-state index is 13.8. The predicted molar refractivity (Wildman–Crippen MR) is 93.5 cm³/mol. The molecular formula is C18H18FN3O2S. The summed E-state index contributed by atoms with van der Waals surface area (Å²) in [6.07, 6.45) is 0.344. The lowest BCUT2D eigenvalue weighted by molar-refractivity contribution is 0.0252. The lowest BCUT2D eigenvalue weighted by Crippen LogP contribution is -2.38. The molecule has 1 aliphatic heterocycles. The molecule has 1 fully saturated rings. The molecule has 5 nitrogen and oxygen atoms in total. The summed E-state index contributed by atoms with van der Waals surface area (Å²) in [5.74, 6) is 1.50. The van der Waals surface area contributed by atoms with Gasteiger partial charge in [0.1, 0.15) is 28.4 Å². The molecule has 0 spiro atoms. The monoisotopic (exact) mass is 359 g/mol. The van der Waals surface area contributed by atoms with Crippen LogP contribution in [0.3, 0.4) is 0 Å². The van der Waals surface area contributed by atoms with Gasteiger partial charge in [0.05, 0.1) is 13.2 Å². The van der Waals surface area contributed by atoms with Crippen molar-refractivity contribution in [2.24, 2.45) is 0 Å². The lowest BCUT2D eigenvalue weighted by atomic mass is 10.1. The van der Waals surface area contributed by atoms with Crippen LogP contribution >= 0.6 is 11.3 Å². The van der Waals surface area contributed by atoms with Gasteiger partial charge in [-0.1, -0.05) is 29.5 Å². The molecule has 0 radical (unpaired) electrons. The first-order valence-corrected chi connectivity index (χ1v) is 8.99. The number of morpholine rings is 1. The average Bonchev–Trinajstić information content (AvgIpc) is 3.26. The van der Waals surface area contributed by atoms with Crippen molar-refractivity contribution in [2.45, 2.75) is 19.4 Å². The van der Waals surface area contributed by atoms with Crippen LogP contribution in [0.5, 0.6) is 0 Å². The molecule has 4 rings (SSSR count). The first-order valence-electron chi connectivity index (χ1n) is 8.18. The number of benzene rings is 1. The second kappa shape index (κ2) is 6.93. The van der Waals surface area contributed by atoms with Crippen molar-refractivity contribution in [3.05, 3.63) is 64.3 Å². The van der Waals surface area contributed by atoms with E-state index in [-0.39, 0.29) is 11.9 Å². The van der Waals surface area contributed by atoms with Gasteiger partial charge in [-0.3, -0.25) is 0 Å². The van der Waals surface area contributed by atoms with E-state index in [1.165, 1.54) is 17.4 Å². The van der Waals surface area contributed by atoms with Crippen LogP contribution in [-0.2, 0) is 11.2 Å². The van der Waals surface area contributed by atoms with Crippen molar-refractivity contribution in [3.8, 4) is 0 Å². The molecule has 0 N–H and O–H groups in total. The summed E-state index contributed by atoms with van der Waals surface area (Å²) >= 11 is 1.50. The highest BCUT2D eigenvalue weighted by Crippen LogP contribution is 2.29. The molecule has 0 bridgehead atoms. The number of aryl methyl sites for hydroxylation is 1. The molecule has 0 aliphatic carbocycles. The number of ether oxygens (including phenoxy) is 1. The Hall–Kier alpha value is -2.25. The molecule has 3 heterocycles. The van der Waals surface area contributed by atoms with E-state index in [4.69, 9.17) is 9.15 Å². The number of aromatic nitrogens is 2. The third-order valence-corrected chi connectivity index (χ3v) is 5.16. The Bertz CT molecular complexity index is 863. The minimum absolute atomic E-state index is 0.110. The van der Waals surface area contributed by atoms with Crippen LogP contribution in [0.15, 0.2) is 40.8 Å². The topological polar surface area (TPSA) is 51.4 Å². The van der Waals surface area contributed by atoms with Crippen molar-refractivity contribution in [2.75, 3.05) is 24.6 Å². The van der Waals surface area contributed by atoms with E-state index >= 15 is 0 Å². The fourth-order valence-electron chi connectivity index (χ4n) is 2.87. The van der Waals surface area contributed by atoms with Crippen LogP contribution in [0, 0.1) is 12.7 Å². The Labute approximate surface area is 149 Å². The number of rotatable bonds is 4. The molecular weight excluding hydrogens is 341 g/mol. The van der Waals surface area contributed by atoms with Crippen LogP contribution < -0.4 is 4.90 Å². The number of hydrogen-bond acceptors (Lipinski definition) is 6. The van der Waals surface area contributed by atoms with Crippen molar-refractivity contribution in [1.29, 1.82) is 0 Å². The predicted octanol–water partition coefficient (Wildman–Crippen LogP) is 3.75. The van der Waals surface area contributed by atoms with Gasteiger partial charge in [-0.05, 0) is 30.7 Å². The van der Waals surface area contributed by atoms with Crippen molar-refractivity contribution >= 4 is 16.5 Å². The maximum absolute atomic E-state index is 13.8. The standard InChI is InChI=1S/C18H18FN3O2S/c1-12-6-7-15(24-12)16-11-22(8-9-23-16)18-21-20-17(25-18)10-13-4-2-3-5-14(13)19/h2-7,16H,8-11H2,1H3. The van der Waals surface area contributed by atoms with Gasteiger partial charge in [0.2, 0.25) is 5.13 Å². The van der Waals surface area contributed by atoms with Crippen LogP contribution in [0.25, 0.3) is 0 Å². The molecule has 0 saturated carbocycles. The molecule has 25 heavy (non-hydrogen) atoms. The number of halogens is 1. The Kier molecular flexibility index (Phi) is 4.50. The van der Waals surface area contributed by atoms with Crippen molar-refractivity contribution in [3.63, 3.8) is 0 Å². The van der Waals surface area contributed by atoms with Gasteiger partial charge in [-0.2, -0.15) is 0 Å². The van der Waals surface area contributed by atoms with Crippen molar-refractivity contribution < 1.29 is 13.5 Å². The molecule has 1 saturated heterocycles. The van der Waals surface area contributed by atoms with Gasteiger partial charge in [-0.15, -0.1) is 10.2 Å². The summed E-state index contributed by atoms with van der Waals surface area (Å²) in [6, 6.07) is 10.7. The normalized spacial score (nSPS) is 17.8. The Morgan fingerprint density at radius 2 is 2.12 bits per heavy atom. The second-order valence-corrected chi connectivity index (χ2v) is 7.04. The molecule has 130 valence electrons. The smallest absolute Gasteiger partial charge is 0.208 e. The van der Waals surface area contributed by atoms with E-state index in [1.54, 1.807) is 12.1 Å². The minimum Gasteiger partial charge on any atom is -0.464 e. The summed E-state index contributed by atoms with van der Waals surface area (Å²) in [6.45, 7) is 3.95. The molecule has 7 heteroatoms. The van der Waals surface area contributed by atoms with E-state index < -0.39 is 0 Å². The highest BCUT2D eigenvalue weighted by atomic mass is 32.1. The summed E-state index contributed by atoms with van der Waals surface area (Å²) in [5.41, 5.74) is 0.635. The zero-order valence-corrected chi connectivity index (χ0v) is 14.6. The molecule has 2 aromatic heterocycles. The number of hydrogen-bond donors (Lipinski definition) is 0. The highest BCUT2D eigenvalue weighted by Gasteiger charge is 2.26. The van der Waals surface area contributed by atoms with Crippen LogP contribution in [0.2, 0.25) is 0 Å². The van der Waals surface area contributed by atoms with Crippen LogP contribution in [0.4, 0.5) is 9.52 Å². The summed E-state index contributed by atoms with van der Waals surface area (Å²) in [7, 11) is 0. The zero-order valence-electron chi connectivity index (χ0n) is 13.8. The molecule has 1 atom stereocenters. The highest BCUT2D eigenvalue weighted by molar-refractivity contribution is 7.15. The summed E-state index contributed by atoms with van der Waals surface area (Å²) in [5, 5.41) is 10.1. The Morgan fingerprint density at radius 1 is 1.24 bits per heavy atom. The van der Waals surface area contributed by atoms with Crippen LogP contribution in [-0.4, -0.2) is 29.9 Å². The molecule has 3 aromatic rings. The molecule has 1 aliphatic rings. The van der Waals surface area contributed by atoms with Gasteiger partial charge in [0.25, 0.3) is 0 Å². The van der Waals surface area contributed by atoms with E-state index in [0.717, 1.165) is 28.2 Å². The summed E-state index contributed by atoms with van der Waals surface area (Å²) in [4.78, 5) is 2.15. The average molecular weight is 359 g/mol. The second-order valence-electron chi connectivity index (χ2n) is 6.00. The van der Waals surface area contributed by atoms with Crippen LogP contribution in [0.1, 0.15) is 28.2 Å². The number of nitrogens with zero attached hydrogens (tertiary/aromatic N) is 3. The first kappa shape index (κ1) is 16.2. The molecule has 1 aromatic carbocycles. The van der Waals surface area contributed by atoms with Gasteiger partial charge >= 0.3 is 0 Å². The van der Waals surface area contributed by atoms with E-state index in [9.17, 15) is 4.39 Å². The number of furan rings is 1. The lowest BCUT2D eigenvalue weighted by Gasteiger charge is -2.31. The SMILES string of the molecule is Cc1ccc(C2CN(c3nnc(Cc4ccccc4F)s3)CCO2)o1. The zero-order chi connectivity index (χ0) is 17.2. The quantitative estimate of drug-likeness (QED) is 0.710. The number of anilines is 1. The van der Waals surface area contributed by atoms with E-state index in [1.807, 2.05) is 25.1 Å². The first-order chi connectivity index (χ1) is 12.2. The van der Waals surface area contributed by atoms with Gasteiger partial charge in [0, 0.05) is 13.0 Å². The fraction of sp³-hybridized carbons (Fsp3) is 0.333. The Balaban J connectivity index is 1.47. The van der Waals surface area contributed by atoms with Gasteiger partial charge in [-0.25, -0.2) is 4.39 Å². The largest absolute Gasteiger partial charge is 0.464 e. The third kappa shape index (κ3) is 3.57. The maximum Gasteiger partial charge on any atom is 0.208 e. The van der Waals surface area contributed by atoms with E-state index in [2.05, 4.69) is 15.1 Å². The molecule has 0 amide bonds. The van der Waals surface area contributed by atoms with Gasteiger partial charge in [0.15, 0.2) is 0 Å². The minimum atomic E-state index is -0.209.